The number of hydrogen-bond donors (Lipinski definition) is 1. The lowest BCUT2D eigenvalue weighted by Gasteiger charge is -2.15. The van der Waals surface area contributed by atoms with Crippen LogP contribution in [0.5, 0.6) is 0 Å². The lowest BCUT2D eigenvalue weighted by atomic mass is 10.1. The number of hydrogen-bond acceptors (Lipinski definition) is 3. The monoisotopic (exact) mass is 270 g/mol. The topological polar surface area (TPSA) is 87.0 Å². The molecule has 1 N–H and O–H groups in total. The Bertz CT molecular complexity index is 574. The van der Waals surface area contributed by atoms with E-state index in [1.165, 1.54) is 24.3 Å². The van der Waals surface area contributed by atoms with Gasteiger partial charge in [-0.3, -0.25) is 0 Å². The van der Waals surface area contributed by atoms with Crippen LogP contribution in [0, 0.1) is 0 Å². The van der Waals surface area contributed by atoms with Crippen LogP contribution in [0.2, 0.25) is 0 Å². The van der Waals surface area contributed by atoms with Crippen LogP contribution in [-0.4, -0.2) is 50.6 Å². The minimum absolute atomic E-state index is 0.135. The highest BCUT2D eigenvalue weighted by atomic mass is 32.2. The molecule has 0 aliphatic rings. The first-order valence-electron chi connectivity index (χ1n) is 5.01. The predicted octanol–water partition coefficient (Wildman–Crippen LogP) is 0.653. The van der Waals surface area contributed by atoms with Gasteiger partial charge in [-0.2, -0.15) is 0 Å². The first-order chi connectivity index (χ1) is 8.20. The van der Waals surface area contributed by atoms with Gasteiger partial charge >= 0.3 is 5.97 Å². The van der Waals surface area contributed by atoms with E-state index in [1.807, 2.05) is 0 Å². The molecule has 0 atom stereocenters. The molecule has 0 fully saturated rings. The van der Waals surface area contributed by atoms with Crippen molar-refractivity contribution < 1.29 is 18.3 Å². The highest BCUT2D eigenvalue weighted by Crippen LogP contribution is 2.08. The maximum atomic E-state index is 11.2. The van der Waals surface area contributed by atoms with E-state index in [0.29, 0.717) is 5.56 Å². The molecule has 0 bridgehead atoms. The van der Waals surface area contributed by atoms with Gasteiger partial charge in [-0.15, -0.1) is 4.40 Å². The second kappa shape index (κ2) is 5.18. The summed E-state index contributed by atoms with van der Waals surface area (Å²) in [6.45, 7) is 0. The lowest BCUT2D eigenvalue weighted by Crippen LogP contribution is -2.24. The van der Waals surface area contributed by atoms with E-state index < -0.39 is 16.0 Å². The van der Waals surface area contributed by atoms with E-state index in [0.717, 1.165) is 6.26 Å². The fraction of sp³-hybridized carbons (Fsp3) is 0.273. The maximum Gasteiger partial charge on any atom is 0.335 e. The molecule has 0 aromatic heterocycles. The van der Waals surface area contributed by atoms with Gasteiger partial charge in [0.1, 0.15) is 5.84 Å². The largest absolute Gasteiger partial charge is 0.478 e. The predicted molar refractivity (Wildman–Crippen MR) is 68.5 cm³/mol. The molecule has 0 saturated carbocycles. The van der Waals surface area contributed by atoms with Crippen LogP contribution in [0.15, 0.2) is 28.7 Å². The Kier molecular flexibility index (Phi) is 4.07. The van der Waals surface area contributed by atoms with Crippen molar-refractivity contribution in [1.82, 2.24) is 4.90 Å². The van der Waals surface area contributed by atoms with Crippen molar-refractivity contribution in [2.24, 2.45) is 4.40 Å². The molecule has 0 radical (unpaired) electrons. The number of sulfonamides is 1. The van der Waals surface area contributed by atoms with E-state index in [4.69, 9.17) is 5.11 Å². The molecule has 1 rings (SSSR count). The van der Waals surface area contributed by atoms with E-state index in [9.17, 15) is 13.2 Å². The van der Waals surface area contributed by atoms with Crippen molar-refractivity contribution in [2.45, 2.75) is 0 Å². The Labute approximate surface area is 106 Å². The summed E-state index contributed by atoms with van der Waals surface area (Å²) in [4.78, 5) is 12.3. The number of nitrogens with zero attached hydrogens (tertiary/aromatic N) is 2. The fourth-order valence-electron chi connectivity index (χ4n) is 1.31. The first-order valence-corrected chi connectivity index (χ1v) is 6.86. The van der Waals surface area contributed by atoms with Gasteiger partial charge in [0.25, 0.3) is 10.0 Å². The molecule has 7 heteroatoms. The molecule has 0 saturated heterocycles. The van der Waals surface area contributed by atoms with Gasteiger partial charge in [0.05, 0.1) is 11.8 Å². The molecule has 98 valence electrons. The third kappa shape index (κ3) is 3.85. The summed E-state index contributed by atoms with van der Waals surface area (Å²) in [5.74, 6) is -0.776. The number of carboxylic acid groups (broad SMARTS) is 1. The fourth-order valence-corrected chi connectivity index (χ4v) is 1.89. The second-order valence-electron chi connectivity index (χ2n) is 3.92. The number of rotatable bonds is 3. The van der Waals surface area contributed by atoms with Crippen LogP contribution in [0.3, 0.4) is 0 Å². The average molecular weight is 270 g/mol. The summed E-state index contributed by atoms with van der Waals surface area (Å²) in [5.41, 5.74) is 0.673. The van der Waals surface area contributed by atoms with Crippen molar-refractivity contribution in [3.05, 3.63) is 35.4 Å². The van der Waals surface area contributed by atoms with Crippen molar-refractivity contribution in [3.63, 3.8) is 0 Å². The van der Waals surface area contributed by atoms with Crippen LogP contribution in [0.1, 0.15) is 15.9 Å². The molecule has 0 unspecified atom stereocenters. The third-order valence-corrected chi connectivity index (χ3v) is 2.57. The molecular weight excluding hydrogens is 256 g/mol. The number of amidine groups is 1. The molecular formula is C11H14N2O4S. The molecule has 1 aromatic rings. The number of benzene rings is 1. The summed E-state index contributed by atoms with van der Waals surface area (Å²) < 4.78 is 26.0. The molecule has 0 aliphatic heterocycles. The van der Waals surface area contributed by atoms with Crippen molar-refractivity contribution >= 4 is 21.8 Å². The Balaban J connectivity index is 3.24. The summed E-state index contributed by atoms with van der Waals surface area (Å²) in [5, 5.41) is 8.77. The quantitative estimate of drug-likeness (QED) is 0.643. The van der Waals surface area contributed by atoms with Crippen LogP contribution in [0.4, 0.5) is 0 Å². The van der Waals surface area contributed by atoms with Gasteiger partial charge in [-0.25, -0.2) is 13.2 Å². The molecule has 1 aromatic carbocycles. The minimum Gasteiger partial charge on any atom is -0.478 e. The lowest BCUT2D eigenvalue weighted by molar-refractivity contribution is 0.0697. The zero-order chi connectivity index (χ0) is 13.9. The Hall–Kier alpha value is -1.89. The van der Waals surface area contributed by atoms with E-state index in [2.05, 4.69) is 4.40 Å². The molecule has 0 spiro atoms. The Morgan fingerprint density at radius 1 is 1.17 bits per heavy atom. The number of carbonyl (C=O) groups is 1. The highest BCUT2D eigenvalue weighted by molar-refractivity contribution is 7.89. The van der Waals surface area contributed by atoms with Crippen LogP contribution < -0.4 is 0 Å². The van der Waals surface area contributed by atoms with Gasteiger partial charge in [-0.05, 0) is 12.1 Å². The van der Waals surface area contributed by atoms with Crippen LogP contribution in [-0.2, 0) is 10.0 Å². The van der Waals surface area contributed by atoms with Gasteiger partial charge in [0, 0.05) is 19.7 Å². The summed E-state index contributed by atoms with van der Waals surface area (Å²) >= 11 is 0. The first kappa shape index (κ1) is 14.2. The summed E-state index contributed by atoms with van der Waals surface area (Å²) in [6, 6.07) is 5.85. The molecule has 0 amide bonds. The Morgan fingerprint density at radius 2 is 1.61 bits per heavy atom. The Morgan fingerprint density at radius 3 is 1.94 bits per heavy atom. The minimum atomic E-state index is -3.51. The standard InChI is InChI=1S/C11H14N2O4S/c1-13(2)10(12-18(3,16)17)8-4-6-9(7-5-8)11(14)15/h4-7H,1-3H3,(H,14,15). The molecule has 0 heterocycles. The van der Waals surface area contributed by atoms with E-state index in [-0.39, 0.29) is 11.4 Å². The number of carboxylic acids is 1. The third-order valence-electron chi connectivity index (χ3n) is 2.07. The van der Waals surface area contributed by atoms with E-state index in [1.54, 1.807) is 19.0 Å². The van der Waals surface area contributed by atoms with E-state index >= 15 is 0 Å². The second-order valence-corrected chi connectivity index (χ2v) is 5.57. The van der Waals surface area contributed by atoms with Crippen LogP contribution in [0.25, 0.3) is 0 Å². The van der Waals surface area contributed by atoms with Crippen molar-refractivity contribution in [2.75, 3.05) is 20.4 Å². The molecule has 18 heavy (non-hydrogen) atoms. The number of aromatic carboxylic acids is 1. The zero-order valence-corrected chi connectivity index (χ0v) is 11.1. The van der Waals surface area contributed by atoms with Gasteiger partial charge < -0.3 is 10.0 Å². The molecule has 0 aliphatic carbocycles. The van der Waals surface area contributed by atoms with Gasteiger partial charge in [-0.1, -0.05) is 12.1 Å². The van der Waals surface area contributed by atoms with Gasteiger partial charge in [0.2, 0.25) is 0 Å². The van der Waals surface area contributed by atoms with Crippen molar-refractivity contribution in [1.29, 1.82) is 0 Å². The summed E-state index contributed by atoms with van der Waals surface area (Å²) in [7, 11) is -0.189. The summed E-state index contributed by atoms with van der Waals surface area (Å²) in [6.07, 6.45) is 1.00. The average Bonchev–Trinajstić information content (AvgIpc) is 2.24. The van der Waals surface area contributed by atoms with Crippen molar-refractivity contribution in [3.8, 4) is 0 Å². The maximum absolute atomic E-state index is 11.2. The smallest absolute Gasteiger partial charge is 0.335 e. The zero-order valence-electron chi connectivity index (χ0n) is 10.3. The van der Waals surface area contributed by atoms with Gasteiger partial charge in [0.15, 0.2) is 0 Å². The normalized spacial score (nSPS) is 12.3. The SMILES string of the molecule is CN(C)C(=NS(C)(=O)=O)c1ccc(C(=O)O)cc1. The molecule has 6 nitrogen and oxygen atoms in total. The van der Waals surface area contributed by atoms with Crippen LogP contribution >= 0.6 is 0 Å². The highest BCUT2D eigenvalue weighted by Gasteiger charge is 2.11.